The Morgan fingerprint density at radius 2 is 0.865 bits per heavy atom. The van der Waals surface area contributed by atoms with E-state index in [-0.39, 0.29) is 11.6 Å². The Hall–Kier alpha value is -3.25. The van der Waals surface area contributed by atoms with Gasteiger partial charge in [0, 0.05) is 10.0 Å². The molecule has 0 bridgehead atoms. The van der Waals surface area contributed by atoms with Gasteiger partial charge in [-0.2, -0.15) is 0 Å². The third-order valence-electron chi connectivity index (χ3n) is 5.77. The zero-order valence-corrected chi connectivity index (χ0v) is 21.8. The first-order chi connectivity index (χ1) is 17.7. The lowest BCUT2D eigenvalue weighted by Gasteiger charge is -2.22. The molecule has 0 aliphatic rings. The van der Waals surface area contributed by atoms with Gasteiger partial charge in [0.25, 0.3) is 0 Å². The second-order valence-electron chi connectivity index (χ2n) is 8.35. The molecule has 0 fully saturated rings. The van der Waals surface area contributed by atoms with E-state index in [0.717, 1.165) is 0 Å². The van der Waals surface area contributed by atoms with Crippen LogP contribution in [0, 0.1) is 11.6 Å². The molecule has 2 atom stereocenters. The van der Waals surface area contributed by atoms with Crippen molar-refractivity contribution in [2.45, 2.75) is 10.5 Å². The van der Waals surface area contributed by atoms with E-state index in [2.05, 4.69) is 0 Å². The van der Waals surface area contributed by atoms with Crippen LogP contribution in [0.15, 0.2) is 109 Å². The second kappa shape index (κ2) is 11.9. The fraction of sp³-hybridized carbons (Fsp3) is 0.0667. The van der Waals surface area contributed by atoms with Gasteiger partial charge in [-0.05, 0) is 70.8 Å². The molecule has 0 amide bonds. The monoisotopic (exact) mass is 554 g/mol. The first-order valence-corrected chi connectivity index (χ1v) is 13.7. The number of benzene rings is 4. The van der Waals surface area contributed by atoms with Gasteiger partial charge in [0.1, 0.15) is 22.1 Å². The van der Waals surface area contributed by atoms with Crippen LogP contribution in [-0.4, -0.2) is 8.42 Å². The summed E-state index contributed by atoms with van der Waals surface area (Å²) in [6.07, 6.45) is 6.47. The van der Waals surface area contributed by atoms with Gasteiger partial charge in [-0.3, -0.25) is 0 Å². The molecule has 0 saturated heterocycles. The molecule has 0 saturated carbocycles. The lowest BCUT2D eigenvalue weighted by molar-refractivity contribution is 0.584. The molecule has 0 spiro atoms. The molecule has 0 radical (unpaired) electrons. The molecule has 0 heterocycles. The van der Waals surface area contributed by atoms with E-state index < -0.39 is 20.3 Å². The standard InChI is InChI=1S/C30H22Cl2F2O2S/c31-25-11-7-23(8-12-25)29(19-5-21-1-15-27(33)16-2-21)37(35,36)30(24-9-13-26(32)14-10-24)20-6-22-3-17-28(34)18-4-22/h1-20,29-30H. The van der Waals surface area contributed by atoms with Crippen LogP contribution in [0.4, 0.5) is 8.78 Å². The third kappa shape index (κ3) is 6.95. The van der Waals surface area contributed by atoms with Gasteiger partial charge in [0.15, 0.2) is 9.84 Å². The smallest absolute Gasteiger partial charge is 0.171 e. The van der Waals surface area contributed by atoms with Crippen molar-refractivity contribution < 1.29 is 17.2 Å². The largest absolute Gasteiger partial charge is 0.227 e. The van der Waals surface area contributed by atoms with E-state index in [1.54, 1.807) is 97.1 Å². The van der Waals surface area contributed by atoms with Crippen LogP contribution in [0.1, 0.15) is 32.8 Å². The van der Waals surface area contributed by atoms with Gasteiger partial charge < -0.3 is 0 Å². The van der Waals surface area contributed by atoms with Crippen molar-refractivity contribution in [1.82, 2.24) is 0 Å². The number of hydrogen-bond acceptors (Lipinski definition) is 2. The van der Waals surface area contributed by atoms with E-state index >= 15 is 0 Å². The molecule has 188 valence electrons. The van der Waals surface area contributed by atoms with Crippen molar-refractivity contribution in [2.24, 2.45) is 0 Å². The van der Waals surface area contributed by atoms with Crippen molar-refractivity contribution >= 4 is 45.2 Å². The van der Waals surface area contributed by atoms with E-state index in [1.807, 2.05) is 0 Å². The van der Waals surface area contributed by atoms with E-state index in [0.29, 0.717) is 32.3 Å². The Morgan fingerprint density at radius 1 is 0.541 bits per heavy atom. The normalized spacial score (nSPS) is 13.7. The highest BCUT2D eigenvalue weighted by Crippen LogP contribution is 2.38. The quantitative estimate of drug-likeness (QED) is 0.218. The van der Waals surface area contributed by atoms with E-state index in [9.17, 15) is 17.2 Å². The third-order valence-corrected chi connectivity index (χ3v) is 8.55. The lowest BCUT2D eigenvalue weighted by Crippen LogP contribution is -2.19. The van der Waals surface area contributed by atoms with Crippen molar-refractivity contribution in [3.8, 4) is 0 Å². The summed E-state index contributed by atoms with van der Waals surface area (Å²) in [4.78, 5) is 0. The highest BCUT2D eigenvalue weighted by Gasteiger charge is 2.33. The molecule has 0 aliphatic carbocycles. The highest BCUT2D eigenvalue weighted by atomic mass is 35.5. The van der Waals surface area contributed by atoms with Crippen LogP contribution < -0.4 is 0 Å². The van der Waals surface area contributed by atoms with Crippen LogP contribution in [0.2, 0.25) is 10.0 Å². The summed E-state index contributed by atoms with van der Waals surface area (Å²) in [6.45, 7) is 0. The minimum Gasteiger partial charge on any atom is -0.227 e. The molecule has 0 aliphatic heterocycles. The Morgan fingerprint density at radius 3 is 1.19 bits per heavy atom. The van der Waals surface area contributed by atoms with Crippen molar-refractivity contribution in [3.05, 3.63) is 153 Å². The van der Waals surface area contributed by atoms with Crippen LogP contribution in [0.5, 0.6) is 0 Å². The fourth-order valence-corrected chi connectivity index (χ4v) is 6.06. The average Bonchev–Trinajstić information content (AvgIpc) is 2.88. The van der Waals surface area contributed by atoms with E-state index in [1.165, 1.54) is 24.3 Å². The van der Waals surface area contributed by atoms with Gasteiger partial charge in [0.2, 0.25) is 0 Å². The molecule has 4 aromatic carbocycles. The molecular formula is C30H22Cl2F2O2S. The summed E-state index contributed by atoms with van der Waals surface area (Å²) < 4.78 is 55.3. The van der Waals surface area contributed by atoms with Crippen LogP contribution in [0.3, 0.4) is 0 Å². The van der Waals surface area contributed by atoms with Crippen LogP contribution >= 0.6 is 23.2 Å². The molecule has 2 unspecified atom stereocenters. The van der Waals surface area contributed by atoms with Crippen molar-refractivity contribution in [1.29, 1.82) is 0 Å². The highest BCUT2D eigenvalue weighted by molar-refractivity contribution is 7.92. The fourth-order valence-electron chi connectivity index (χ4n) is 3.83. The number of hydrogen-bond donors (Lipinski definition) is 0. The zero-order chi connectivity index (χ0) is 26.4. The number of sulfone groups is 1. The summed E-state index contributed by atoms with van der Waals surface area (Å²) in [5, 5.41) is -1.14. The molecule has 0 N–H and O–H groups in total. The summed E-state index contributed by atoms with van der Waals surface area (Å²) in [5.41, 5.74) is 2.36. The Balaban J connectivity index is 1.81. The Bertz CT molecular complexity index is 1390. The SMILES string of the molecule is O=S(=O)(C(C=Cc1ccc(F)cc1)c1ccc(Cl)cc1)C(C=Cc1ccc(F)cc1)c1ccc(Cl)cc1. The molecule has 0 aromatic heterocycles. The molecule has 37 heavy (non-hydrogen) atoms. The second-order valence-corrected chi connectivity index (χ2v) is 11.4. The first kappa shape index (κ1) is 26.8. The maximum Gasteiger partial charge on any atom is 0.171 e. The summed E-state index contributed by atoms with van der Waals surface area (Å²) >= 11 is 12.1. The van der Waals surface area contributed by atoms with Gasteiger partial charge in [-0.1, -0.05) is 96.0 Å². The summed E-state index contributed by atoms with van der Waals surface area (Å²) in [5.74, 6) is -0.763. The number of halogens is 4. The maximum absolute atomic E-state index is 14.3. The molecule has 7 heteroatoms. The average molecular weight is 555 g/mol. The zero-order valence-electron chi connectivity index (χ0n) is 19.4. The van der Waals surface area contributed by atoms with Crippen molar-refractivity contribution in [3.63, 3.8) is 0 Å². The van der Waals surface area contributed by atoms with E-state index in [4.69, 9.17) is 23.2 Å². The van der Waals surface area contributed by atoms with Gasteiger partial charge in [-0.15, -0.1) is 0 Å². The summed E-state index contributed by atoms with van der Waals surface area (Å²) in [7, 11) is -3.96. The first-order valence-electron chi connectivity index (χ1n) is 11.3. The Labute approximate surface area is 225 Å². The predicted molar refractivity (Wildman–Crippen MR) is 148 cm³/mol. The van der Waals surface area contributed by atoms with Crippen LogP contribution in [-0.2, 0) is 9.84 Å². The number of rotatable bonds is 8. The van der Waals surface area contributed by atoms with Gasteiger partial charge >= 0.3 is 0 Å². The summed E-state index contributed by atoms with van der Waals surface area (Å²) in [6, 6.07) is 24.8. The van der Waals surface area contributed by atoms with Crippen molar-refractivity contribution in [2.75, 3.05) is 0 Å². The Kier molecular flexibility index (Phi) is 8.59. The minimum atomic E-state index is -3.96. The van der Waals surface area contributed by atoms with Gasteiger partial charge in [-0.25, -0.2) is 17.2 Å². The molecule has 4 aromatic rings. The molecule has 4 rings (SSSR count). The topological polar surface area (TPSA) is 34.1 Å². The van der Waals surface area contributed by atoms with Crippen LogP contribution in [0.25, 0.3) is 12.2 Å². The minimum absolute atomic E-state index is 0.382. The van der Waals surface area contributed by atoms with Gasteiger partial charge in [0.05, 0.1) is 0 Å². The lowest BCUT2D eigenvalue weighted by atomic mass is 10.1. The molecular weight excluding hydrogens is 533 g/mol. The predicted octanol–water partition coefficient (Wildman–Crippen LogP) is 8.90. The molecule has 2 nitrogen and oxygen atoms in total. The maximum atomic E-state index is 14.3.